The van der Waals surface area contributed by atoms with E-state index in [1.54, 1.807) is 23.1 Å². The maximum Gasteiger partial charge on any atom is 0.416 e. The summed E-state index contributed by atoms with van der Waals surface area (Å²) in [5.41, 5.74) is -0.962. The van der Waals surface area contributed by atoms with E-state index in [1.807, 2.05) is 6.07 Å². The van der Waals surface area contributed by atoms with Gasteiger partial charge in [0.15, 0.2) is 5.65 Å². The molecule has 0 saturated heterocycles. The van der Waals surface area contributed by atoms with Gasteiger partial charge >= 0.3 is 11.9 Å². The van der Waals surface area contributed by atoms with Crippen molar-refractivity contribution >= 4 is 42.7 Å². The molecular formula is C18H13ClF3N5O2S. The Bertz CT molecular complexity index is 1370. The van der Waals surface area contributed by atoms with Crippen molar-refractivity contribution < 1.29 is 18.3 Å². The Hall–Kier alpha value is -2.79. The average Bonchev–Trinajstić information content (AvgIpc) is 3.06. The third-order valence-corrected chi connectivity index (χ3v) is 7.65. The lowest BCUT2D eigenvalue weighted by Crippen LogP contribution is -2.28. The van der Waals surface area contributed by atoms with Crippen LogP contribution in [-0.4, -0.2) is 35.2 Å². The second kappa shape index (κ2) is 6.61. The maximum atomic E-state index is 13.4. The van der Waals surface area contributed by atoms with E-state index in [4.69, 9.17) is 10.7 Å². The van der Waals surface area contributed by atoms with E-state index >= 15 is 0 Å². The number of nitrogens with zero attached hydrogens (tertiary/aromatic N) is 5. The van der Waals surface area contributed by atoms with Crippen molar-refractivity contribution in [2.75, 3.05) is 5.75 Å². The number of halogens is 4. The van der Waals surface area contributed by atoms with Gasteiger partial charge in [-0.2, -0.15) is 23.3 Å². The van der Waals surface area contributed by atoms with Crippen molar-refractivity contribution in [3.05, 3.63) is 52.7 Å². The molecule has 5 rings (SSSR count). The van der Waals surface area contributed by atoms with Crippen LogP contribution in [0.5, 0.6) is 5.88 Å². The molecule has 30 heavy (non-hydrogen) atoms. The van der Waals surface area contributed by atoms with Crippen molar-refractivity contribution in [1.82, 2.24) is 24.3 Å². The van der Waals surface area contributed by atoms with Crippen LogP contribution in [0, 0.1) is 0 Å². The molecule has 7 nitrogen and oxygen atoms in total. The van der Waals surface area contributed by atoms with Crippen LogP contribution in [0.15, 0.2) is 46.3 Å². The first kappa shape index (κ1) is 19.2. The fourth-order valence-corrected chi connectivity index (χ4v) is 6.20. The van der Waals surface area contributed by atoms with Gasteiger partial charge in [-0.05, 0) is 24.3 Å². The first-order valence-electron chi connectivity index (χ1n) is 8.80. The number of hydrogen-bond donors (Lipinski definition) is 2. The molecule has 0 amide bonds. The zero-order chi connectivity index (χ0) is 21.2. The lowest BCUT2D eigenvalue weighted by molar-refractivity contribution is -0.137. The van der Waals surface area contributed by atoms with E-state index in [1.165, 1.54) is 4.57 Å². The topological polar surface area (TPSA) is 85.8 Å². The van der Waals surface area contributed by atoms with E-state index < -0.39 is 39.5 Å². The number of aromatic hydroxyl groups is 1. The van der Waals surface area contributed by atoms with Crippen LogP contribution in [0.2, 0.25) is 0 Å². The smallest absolute Gasteiger partial charge is 0.416 e. The van der Waals surface area contributed by atoms with E-state index in [9.17, 15) is 23.1 Å². The highest BCUT2D eigenvalue weighted by molar-refractivity contribution is 8.36. The molecular weight excluding hydrogens is 443 g/mol. The van der Waals surface area contributed by atoms with Gasteiger partial charge in [-0.25, -0.2) is 14.5 Å². The number of aromatic nitrogens is 5. The highest BCUT2D eigenvalue weighted by Gasteiger charge is 2.35. The van der Waals surface area contributed by atoms with Crippen molar-refractivity contribution in [2.45, 2.75) is 23.7 Å². The number of rotatable bonds is 1. The molecule has 2 atom stereocenters. The highest BCUT2D eigenvalue weighted by atomic mass is 35.7. The Morgan fingerprint density at radius 2 is 2.10 bits per heavy atom. The molecule has 4 aromatic rings. The van der Waals surface area contributed by atoms with Gasteiger partial charge in [-0.1, -0.05) is 10.7 Å². The van der Waals surface area contributed by atoms with Crippen molar-refractivity contribution in [1.29, 1.82) is 0 Å². The molecule has 0 spiro atoms. The molecule has 0 saturated carbocycles. The molecule has 1 aliphatic heterocycles. The largest absolute Gasteiger partial charge is 0.493 e. The zero-order valence-corrected chi connectivity index (χ0v) is 16.7. The minimum absolute atomic E-state index is 0.0832. The van der Waals surface area contributed by atoms with Gasteiger partial charge < -0.3 is 5.11 Å². The molecule has 12 heteroatoms. The SMILES string of the molecule is O=c1nc(O)c2cc(C(F)(F)F)cc3c2n1C[C@H](n1ncc2cccnc21)C[SH]3Cl. The molecule has 4 heterocycles. The van der Waals surface area contributed by atoms with Crippen molar-refractivity contribution in [3.63, 3.8) is 0 Å². The summed E-state index contributed by atoms with van der Waals surface area (Å²) < 4.78 is 43.2. The first-order chi connectivity index (χ1) is 14.2. The molecule has 156 valence electrons. The number of thiol groups is 1. The lowest BCUT2D eigenvalue weighted by Gasteiger charge is -2.20. The van der Waals surface area contributed by atoms with Crippen molar-refractivity contribution in [3.8, 4) is 5.88 Å². The van der Waals surface area contributed by atoms with Gasteiger partial charge in [0.2, 0.25) is 5.88 Å². The van der Waals surface area contributed by atoms with Gasteiger partial charge in [0.25, 0.3) is 0 Å². The van der Waals surface area contributed by atoms with E-state index in [-0.39, 0.29) is 28.1 Å². The van der Waals surface area contributed by atoms with Crippen molar-refractivity contribution in [2.24, 2.45) is 0 Å². The predicted octanol–water partition coefficient (Wildman–Crippen LogP) is 3.63. The summed E-state index contributed by atoms with van der Waals surface area (Å²) in [5.74, 6) is -0.481. The second-order valence-electron chi connectivity index (χ2n) is 6.92. The maximum absolute atomic E-state index is 13.4. The van der Waals surface area contributed by atoms with Gasteiger partial charge in [-0.15, -0.1) is 10.1 Å². The van der Waals surface area contributed by atoms with Gasteiger partial charge in [-0.3, -0.25) is 4.57 Å². The summed E-state index contributed by atoms with van der Waals surface area (Å²) >= 11 is 0. The normalized spacial score (nSPS) is 20.5. The summed E-state index contributed by atoms with van der Waals surface area (Å²) in [7, 11) is 5.00. The van der Waals surface area contributed by atoms with Gasteiger partial charge in [0, 0.05) is 22.2 Å². The molecule has 3 aromatic heterocycles. The fourth-order valence-electron chi connectivity index (χ4n) is 3.75. The third kappa shape index (κ3) is 2.91. The molecule has 0 radical (unpaired) electrons. The summed E-state index contributed by atoms with van der Waals surface area (Å²) in [6.07, 6.45) is -1.40. The second-order valence-corrected chi connectivity index (χ2v) is 9.72. The van der Waals surface area contributed by atoms with Gasteiger partial charge in [0.1, 0.15) is 0 Å². The lowest BCUT2D eigenvalue weighted by atomic mass is 10.1. The molecule has 1 aromatic carbocycles. The molecule has 1 aliphatic rings. The number of alkyl halides is 3. The van der Waals surface area contributed by atoms with Crippen LogP contribution < -0.4 is 5.69 Å². The van der Waals surface area contributed by atoms with Crippen LogP contribution >= 0.6 is 20.8 Å². The number of benzene rings is 1. The van der Waals surface area contributed by atoms with Crippen LogP contribution in [0.1, 0.15) is 11.6 Å². The molecule has 0 fully saturated rings. The van der Waals surface area contributed by atoms with Crippen LogP contribution in [0.3, 0.4) is 0 Å². The molecule has 1 unspecified atom stereocenters. The Balaban J connectivity index is 1.76. The Kier molecular flexibility index (Phi) is 4.23. The average molecular weight is 456 g/mol. The molecule has 1 N–H and O–H groups in total. The number of pyridine rings is 1. The first-order valence-corrected chi connectivity index (χ1v) is 11.2. The third-order valence-electron chi connectivity index (χ3n) is 5.09. The molecule has 0 bridgehead atoms. The minimum atomic E-state index is -4.64. The number of fused-ring (bicyclic) bond motifs is 1. The fraction of sp³-hybridized carbons (Fsp3) is 0.222. The summed E-state index contributed by atoms with van der Waals surface area (Å²) in [4.78, 5) is 20.6. The van der Waals surface area contributed by atoms with Crippen LogP contribution in [0.25, 0.3) is 21.9 Å². The van der Waals surface area contributed by atoms with E-state index in [0.717, 1.165) is 17.5 Å². The van der Waals surface area contributed by atoms with E-state index in [2.05, 4.69) is 15.1 Å². The Morgan fingerprint density at radius 1 is 1.30 bits per heavy atom. The predicted molar refractivity (Wildman–Crippen MR) is 107 cm³/mol. The Labute approximate surface area is 173 Å². The summed E-state index contributed by atoms with van der Waals surface area (Å²) in [5, 5.41) is 15.1. The zero-order valence-electron chi connectivity index (χ0n) is 15.0. The quantitative estimate of drug-likeness (QED) is 0.428. The molecule has 0 aliphatic carbocycles. The minimum Gasteiger partial charge on any atom is -0.493 e. The van der Waals surface area contributed by atoms with Crippen LogP contribution in [-0.2, 0) is 12.7 Å². The van der Waals surface area contributed by atoms with E-state index in [0.29, 0.717) is 5.65 Å². The number of hydrogen-bond acceptors (Lipinski definition) is 5. The Morgan fingerprint density at radius 3 is 2.87 bits per heavy atom. The summed E-state index contributed by atoms with van der Waals surface area (Å²) in [6.45, 7) is 0.0832. The van der Waals surface area contributed by atoms with Crippen LogP contribution in [0.4, 0.5) is 13.2 Å². The van der Waals surface area contributed by atoms with Gasteiger partial charge in [0.05, 0.1) is 35.2 Å². The monoisotopic (exact) mass is 455 g/mol. The standard InChI is InChI=1S/C18H13ClF3N5O2S/c19-30-8-11(27-15-9(6-24-27)2-1-3-23-15)7-26-14-12(16(28)25-17(26)29)4-10(5-13(14)30)18(20,21)22/h1-6,11,30H,7-8H2,(H,25,28,29)/t11-/m0/s1. The highest BCUT2D eigenvalue weighted by Crippen LogP contribution is 2.51. The summed E-state index contributed by atoms with van der Waals surface area (Å²) in [6, 6.07) is 4.92.